The number of rotatable bonds is 5. The average molecular weight is 442 g/mol. The van der Waals surface area contributed by atoms with Gasteiger partial charge in [-0.25, -0.2) is 4.98 Å². The highest BCUT2D eigenvalue weighted by molar-refractivity contribution is 6.31. The summed E-state index contributed by atoms with van der Waals surface area (Å²) in [5.41, 5.74) is 1.15. The zero-order chi connectivity index (χ0) is 22.0. The molecule has 8 heteroatoms. The maximum atomic E-state index is 12.8. The molecule has 0 spiro atoms. The summed E-state index contributed by atoms with van der Waals surface area (Å²) in [6.07, 6.45) is 2.21. The molecular formula is C23H24ClN3O4. The van der Waals surface area contributed by atoms with Gasteiger partial charge in [0.15, 0.2) is 11.5 Å². The van der Waals surface area contributed by atoms with E-state index in [1.54, 1.807) is 18.2 Å². The van der Waals surface area contributed by atoms with Gasteiger partial charge in [-0.1, -0.05) is 31.5 Å². The van der Waals surface area contributed by atoms with E-state index in [4.69, 9.17) is 21.1 Å². The maximum absolute atomic E-state index is 12.8. The van der Waals surface area contributed by atoms with Gasteiger partial charge in [-0.05, 0) is 41.8 Å². The van der Waals surface area contributed by atoms with Crippen LogP contribution in [0.5, 0.6) is 11.5 Å². The number of benzene rings is 2. The van der Waals surface area contributed by atoms with Gasteiger partial charge in [0.1, 0.15) is 6.54 Å². The predicted molar refractivity (Wildman–Crippen MR) is 119 cm³/mol. The van der Waals surface area contributed by atoms with Gasteiger partial charge in [0.25, 0.3) is 5.56 Å². The Morgan fingerprint density at radius 1 is 1.16 bits per heavy atom. The topological polar surface area (TPSA) is 82.5 Å². The average Bonchev–Trinajstić information content (AvgIpc) is 2.99. The van der Waals surface area contributed by atoms with E-state index in [2.05, 4.69) is 10.3 Å². The Hall–Kier alpha value is -3.06. The second-order valence-electron chi connectivity index (χ2n) is 7.88. The first-order valence-electron chi connectivity index (χ1n) is 10.3. The van der Waals surface area contributed by atoms with Crippen LogP contribution in [0.4, 0.5) is 0 Å². The summed E-state index contributed by atoms with van der Waals surface area (Å²) >= 11 is 6.01. The first-order chi connectivity index (χ1) is 14.9. The van der Waals surface area contributed by atoms with Crippen LogP contribution in [-0.4, -0.2) is 28.7 Å². The fourth-order valence-electron chi connectivity index (χ4n) is 3.63. The van der Waals surface area contributed by atoms with Gasteiger partial charge in [0.05, 0.1) is 36.5 Å². The second kappa shape index (κ2) is 8.98. The van der Waals surface area contributed by atoms with Crippen LogP contribution in [0, 0.1) is 5.92 Å². The van der Waals surface area contributed by atoms with Gasteiger partial charge in [0, 0.05) is 11.4 Å². The summed E-state index contributed by atoms with van der Waals surface area (Å²) in [6.45, 7) is 5.13. The summed E-state index contributed by atoms with van der Waals surface area (Å²) in [6, 6.07) is 10.4. The summed E-state index contributed by atoms with van der Waals surface area (Å²) in [5.74, 6) is 1.24. The fourth-order valence-corrected chi connectivity index (χ4v) is 3.80. The quantitative estimate of drug-likeness (QED) is 0.652. The van der Waals surface area contributed by atoms with Gasteiger partial charge in [-0.2, -0.15) is 0 Å². The van der Waals surface area contributed by atoms with Crippen molar-refractivity contribution in [1.82, 2.24) is 14.9 Å². The van der Waals surface area contributed by atoms with Crippen molar-refractivity contribution in [3.05, 3.63) is 63.7 Å². The number of ether oxygens (including phenoxy) is 2. The number of carbonyl (C=O) groups excluding carboxylic acids is 1. The number of hydrogen-bond donors (Lipinski definition) is 1. The molecule has 31 heavy (non-hydrogen) atoms. The van der Waals surface area contributed by atoms with E-state index in [-0.39, 0.29) is 30.0 Å². The Morgan fingerprint density at radius 2 is 1.94 bits per heavy atom. The number of nitrogens with zero attached hydrogens (tertiary/aromatic N) is 2. The third kappa shape index (κ3) is 4.66. The van der Waals surface area contributed by atoms with E-state index >= 15 is 0 Å². The Kier molecular flexibility index (Phi) is 6.13. The number of aromatic nitrogens is 2. The Labute approximate surface area is 185 Å². The molecule has 0 radical (unpaired) electrons. The smallest absolute Gasteiger partial charge is 0.261 e. The number of nitrogens with one attached hydrogen (secondary N) is 1. The molecule has 0 saturated heterocycles. The maximum Gasteiger partial charge on any atom is 0.261 e. The van der Waals surface area contributed by atoms with E-state index in [9.17, 15) is 9.59 Å². The monoisotopic (exact) mass is 441 g/mol. The van der Waals surface area contributed by atoms with Crippen LogP contribution in [0.15, 0.2) is 47.5 Å². The number of halogens is 1. The minimum atomic E-state index is -0.306. The third-order valence-electron chi connectivity index (χ3n) is 5.21. The minimum Gasteiger partial charge on any atom is -0.490 e. The Balaban J connectivity index is 1.55. The van der Waals surface area contributed by atoms with Gasteiger partial charge in [-0.3, -0.25) is 14.2 Å². The molecule has 4 rings (SSSR count). The highest BCUT2D eigenvalue weighted by Gasteiger charge is 2.21. The number of amides is 1. The predicted octanol–water partition coefficient (Wildman–Crippen LogP) is 3.72. The first-order valence-corrected chi connectivity index (χ1v) is 10.6. The molecule has 2 aromatic carbocycles. The van der Waals surface area contributed by atoms with Crippen LogP contribution in [0.2, 0.25) is 5.02 Å². The van der Waals surface area contributed by atoms with Crippen molar-refractivity contribution in [3.63, 3.8) is 0 Å². The van der Waals surface area contributed by atoms with Gasteiger partial charge < -0.3 is 14.8 Å². The van der Waals surface area contributed by atoms with Crippen molar-refractivity contribution in [2.75, 3.05) is 13.2 Å². The van der Waals surface area contributed by atoms with Crippen LogP contribution in [0.3, 0.4) is 0 Å². The highest BCUT2D eigenvalue weighted by Crippen LogP contribution is 2.34. The first kappa shape index (κ1) is 21.2. The van der Waals surface area contributed by atoms with Gasteiger partial charge >= 0.3 is 0 Å². The SMILES string of the molecule is CC(C)C(NC(=O)Cn1cnc2ccc(Cl)cc2c1=O)c1ccc2c(c1)OCCCO2. The van der Waals surface area contributed by atoms with Crippen molar-refractivity contribution in [2.45, 2.75) is 32.9 Å². The summed E-state index contributed by atoms with van der Waals surface area (Å²) in [4.78, 5) is 29.8. The van der Waals surface area contributed by atoms with Crippen LogP contribution < -0.4 is 20.3 Å². The zero-order valence-electron chi connectivity index (χ0n) is 17.4. The van der Waals surface area contributed by atoms with E-state index in [0.29, 0.717) is 40.6 Å². The zero-order valence-corrected chi connectivity index (χ0v) is 18.2. The van der Waals surface area contributed by atoms with E-state index < -0.39 is 0 Å². The van der Waals surface area contributed by atoms with Crippen LogP contribution in [0.25, 0.3) is 10.9 Å². The summed E-state index contributed by atoms with van der Waals surface area (Å²) in [7, 11) is 0. The largest absolute Gasteiger partial charge is 0.490 e. The minimum absolute atomic E-state index is 0.124. The lowest BCUT2D eigenvalue weighted by Gasteiger charge is -2.24. The number of hydrogen-bond acceptors (Lipinski definition) is 5. The molecule has 1 aliphatic rings. The molecule has 0 fully saturated rings. The Bertz CT molecular complexity index is 1180. The van der Waals surface area contributed by atoms with Gasteiger partial charge in [-0.15, -0.1) is 0 Å². The molecule has 0 aliphatic carbocycles. The van der Waals surface area contributed by atoms with Crippen LogP contribution in [-0.2, 0) is 11.3 Å². The third-order valence-corrected chi connectivity index (χ3v) is 5.45. The molecule has 0 bridgehead atoms. The lowest BCUT2D eigenvalue weighted by molar-refractivity contribution is -0.122. The Morgan fingerprint density at radius 3 is 2.71 bits per heavy atom. The van der Waals surface area contributed by atoms with Crippen molar-refractivity contribution >= 4 is 28.4 Å². The van der Waals surface area contributed by atoms with E-state index in [0.717, 1.165) is 12.0 Å². The fraction of sp³-hybridized carbons (Fsp3) is 0.348. The molecule has 1 N–H and O–H groups in total. The molecule has 0 saturated carbocycles. The normalized spacial score (nSPS) is 14.3. The lowest BCUT2D eigenvalue weighted by atomic mass is 9.95. The molecule has 7 nitrogen and oxygen atoms in total. The molecule has 1 amide bonds. The summed E-state index contributed by atoms with van der Waals surface area (Å²) in [5, 5.41) is 3.87. The van der Waals surface area contributed by atoms with E-state index in [1.807, 2.05) is 32.0 Å². The van der Waals surface area contributed by atoms with Crippen LogP contribution in [0.1, 0.15) is 31.9 Å². The molecular weight excluding hydrogens is 418 g/mol. The van der Waals surface area contributed by atoms with Crippen molar-refractivity contribution in [3.8, 4) is 11.5 Å². The molecule has 162 valence electrons. The molecule has 2 heterocycles. The summed E-state index contributed by atoms with van der Waals surface area (Å²) < 4.78 is 12.8. The molecule has 3 aromatic rings. The number of carbonyl (C=O) groups is 1. The van der Waals surface area contributed by atoms with Crippen molar-refractivity contribution in [1.29, 1.82) is 0 Å². The van der Waals surface area contributed by atoms with E-state index in [1.165, 1.54) is 10.9 Å². The standard InChI is InChI=1S/C23H24ClN3O4/c1-14(2)22(15-4-7-19-20(10-15)31-9-3-8-30-19)26-21(28)12-27-13-25-18-6-5-16(24)11-17(18)23(27)29/h4-7,10-11,13-14,22H,3,8-9,12H2,1-2H3,(H,26,28). The van der Waals surface area contributed by atoms with Gasteiger partial charge in [0.2, 0.25) is 5.91 Å². The molecule has 1 unspecified atom stereocenters. The highest BCUT2D eigenvalue weighted by atomic mass is 35.5. The molecule has 1 aliphatic heterocycles. The lowest BCUT2D eigenvalue weighted by Crippen LogP contribution is -2.36. The molecule has 1 aromatic heterocycles. The van der Waals surface area contributed by atoms with Crippen molar-refractivity contribution < 1.29 is 14.3 Å². The second-order valence-corrected chi connectivity index (χ2v) is 8.32. The number of fused-ring (bicyclic) bond motifs is 2. The van der Waals surface area contributed by atoms with Crippen LogP contribution >= 0.6 is 11.6 Å². The van der Waals surface area contributed by atoms with Crippen molar-refractivity contribution in [2.24, 2.45) is 5.92 Å². The molecule has 1 atom stereocenters.